The maximum atomic E-state index is 9.58. The highest BCUT2D eigenvalue weighted by Crippen LogP contribution is 2.20. The van der Waals surface area contributed by atoms with Crippen molar-refractivity contribution in [1.82, 2.24) is 15.0 Å². The minimum atomic E-state index is 0.0511. The summed E-state index contributed by atoms with van der Waals surface area (Å²) in [6.45, 7) is 4.03. The number of allylic oxidation sites excluding steroid dienone is 1. The van der Waals surface area contributed by atoms with E-state index in [-0.39, 0.29) is 11.8 Å². The Morgan fingerprint density at radius 1 is 1.08 bits per heavy atom. The monoisotopic (exact) mass is 342 g/mol. The average Bonchev–Trinajstić information content (AvgIpc) is 2.61. The number of nitrogens with zero attached hydrogens (tertiary/aromatic N) is 4. The van der Waals surface area contributed by atoms with Crippen molar-refractivity contribution < 1.29 is 0 Å². The SMILES string of the molecule is Cc1ccc(/C=C(\C#N)c2nc(N)nc(Nc3ccccc3)n2)c(C)c1. The summed E-state index contributed by atoms with van der Waals surface area (Å²) >= 11 is 0. The average molecular weight is 342 g/mol. The molecular formula is C20H18N6. The quantitative estimate of drug-likeness (QED) is 0.698. The molecule has 0 fully saturated rings. The first-order valence-electron chi connectivity index (χ1n) is 8.08. The van der Waals surface area contributed by atoms with E-state index >= 15 is 0 Å². The number of hydrogen-bond donors (Lipinski definition) is 2. The van der Waals surface area contributed by atoms with Crippen molar-refractivity contribution in [3.63, 3.8) is 0 Å². The van der Waals surface area contributed by atoms with Crippen molar-refractivity contribution in [2.75, 3.05) is 11.1 Å². The normalized spacial score (nSPS) is 11.0. The van der Waals surface area contributed by atoms with Gasteiger partial charge in [-0.1, -0.05) is 42.0 Å². The minimum Gasteiger partial charge on any atom is -0.368 e. The molecule has 3 rings (SSSR count). The van der Waals surface area contributed by atoms with Crippen LogP contribution in [0, 0.1) is 25.2 Å². The molecule has 0 aliphatic carbocycles. The van der Waals surface area contributed by atoms with E-state index in [2.05, 4.69) is 32.4 Å². The molecule has 6 heteroatoms. The first-order chi connectivity index (χ1) is 12.5. The lowest BCUT2D eigenvalue weighted by atomic mass is 10.0. The first kappa shape index (κ1) is 17.1. The van der Waals surface area contributed by atoms with Crippen LogP contribution in [0.5, 0.6) is 0 Å². The molecule has 0 bridgehead atoms. The third-order valence-corrected chi connectivity index (χ3v) is 3.77. The molecule has 1 aromatic heterocycles. The number of nitriles is 1. The molecule has 0 radical (unpaired) electrons. The van der Waals surface area contributed by atoms with Gasteiger partial charge in [0.25, 0.3) is 0 Å². The molecule has 3 N–H and O–H groups in total. The number of nitrogens with two attached hydrogens (primary N) is 1. The molecule has 0 unspecified atom stereocenters. The van der Waals surface area contributed by atoms with E-state index in [1.54, 1.807) is 6.08 Å². The Morgan fingerprint density at radius 2 is 1.85 bits per heavy atom. The predicted molar refractivity (Wildman–Crippen MR) is 103 cm³/mol. The van der Waals surface area contributed by atoms with E-state index < -0.39 is 0 Å². The number of nitrogens with one attached hydrogen (secondary N) is 1. The topological polar surface area (TPSA) is 101 Å². The molecule has 26 heavy (non-hydrogen) atoms. The Labute approximate surface area is 152 Å². The zero-order valence-electron chi connectivity index (χ0n) is 14.6. The molecule has 0 aliphatic rings. The molecule has 0 spiro atoms. The number of anilines is 3. The zero-order chi connectivity index (χ0) is 18.5. The molecule has 3 aromatic rings. The van der Waals surface area contributed by atoms with Gasteiger partial charge in [0.1, 0.15) is 6.07 Å². The van der Waals surface area contributed by atoms with E-state index in [1.807, 2.05) is 56.3 Å². The second-order valence-electron chi connectivity index (χ2n) is 5.86. The lowest BCUT2D eigenvalue weighted by molar-refractivity contribution is 1.04. The van der Waals surface area contributed by atoms with Crippen molar-refractivity contribution in [2.45, 2.75) is 13.8 Å². The summed E-state index contributed by atoms with van der Waals surface area (Å²) < 4.78 is 0. The molecule has 0 saturated carbocycles. The van der Waals surface area contributed by atoms with Gasteiger partial charge < -0.3 is 11.1 Å². The fraction of sp³-hybridized carbons (Fsp3) is 0.100. The van der Waals surface area contributed by atoms with Gasteiger partial charge in [-0.2, -0.15) is 20.2 Å². The van der Waals surface area contributed by atoms with Crippen LogP contribution >= 0.6 is 0 Å². The van der Waals surface area contributed by atoms with Crippen LogP contribution in [-0.2, 0) is 0 Å². The van der Waals surface area contributed by atoms with Gasteiger partial charge >= 0.3 is 0 Å². The van der Waals surface area contributed by atoms with Crippen molar-refractivity contribution in [1.29, 1.82) is 5.26 Å². The Bertz CT molecular complexity index is 1000. The largest absolute Gasteiger partial charge is 0.368 e. The van der Waals surface area contributed by atoms with Crippen LogP contribution in [0.2, 0.25) is 0 Å². The summed E-state index contributed by atoms with van der Waals surface area (Å²) in [6, 6.07) is 17.7. The van der Waals surface area contributed by atoms with Crippen LogP contribution in [0.1, 0.15) is 22.5 Å². The molecule has 0 amide bonds. The standard InChI is InChI=1S/C20H18N6/c1-13-8-9-15(14(2)10-13)11-16(12-21)18-24-19(22)26-20(25-18)23-17-6-4-3-5-7-17/h3-11H,1-2H3,(H3,22,23,24,25,26)/b16-11+. The highest BCUT2D eigenvalue weighted by molar-refractivity contribution is 5.88. The third-order valence-electron chi connectivity index (χ3n) is 3.77. The number of aryl methyl sites for hydroxylation is 2. The predicted octanol–water partition coefficient (Wildman–Crippen LogP) is 3.88. The molecule has 2 aromatic carbocycles. The van der Waals surface area contributed by atoms with Crippen LogP contribution < -0.4 is 11.1 Å². The van der Waals surface area contributed by atoms with Gasteiger partial charge in [0.05, 0.1) is 5.57 Å². The molecule has 128 valence electrons. The van der Waals surface area contributed by atoms with Crippen LogP contribution in [0.15, 0.2) is 48.5 Å². The van der Waals surface area contributed by atoms with E-state index in [9.17, 15) is 5.26 Å². The first-order valence-corrected chi connectivity index (χ1v) is 8.08. The van der Waals surface area contributed by atoms with Gasteiger partial charge in [-0.3, -0.25) is 0 Å². The summed E-state index contributed by atoms with van der Waals surface area (Å²) in [6.07, 6.45) is 1.76. The number of aromatic nitrogens is 3. The lowest BCUT2D eigenvalue weighted by Gasteiger charge is -2.07. The molecule has 0 atom stereocenters. The summed E-state index contributed by atoms with van der Waals surface area (Å²) in [4.78, 5) is 12.5. The maximum Gasteiger partial charge on any atom is 0.232 e. The van der Waals surface area contributed by atoms with Crippen molar-refractivity contribution in [3.8, 4) is 6.07 Å². The molecular weight excluding hydrogens is 324 g/mol. The number of nitrogen functional groups attached to an aromatic ring is 1. The Hall–Kier alpha value is -3.72. The van der Waals surface area contributed by atoms with E-state index in [0.29, 0.717) is 11.5 Å². The zero-order valence-corrected chi connectivity index (χ0v) is 14.6. The van der Waals surface area contributed by atoms with Gasteiger partial charge in [-0.05, 0) is 43.2 Å². The number of hydrogen-bond acceptors (Lipinski definition) is 6. The fourth-order valence-electron chi connectivity index (χ4n) is 2.51. The van der Waals surface area contributed by atoms with Crippen LogP contribution in [0.25, 0.3) is 11.6 Å². The van der Waals surface area contributed by atoms with E-state index in [4.69, 9.17) is 5.73 Å². The van der Waals surface area contributed by atoms with Gasteiger partial charge in [-0.25, -0.2) is 0 Å². The van der Waals surface area contributed by atoms with E-state index in [0.717, 1.165) is 22.4 Å². The van der Waals surface area contributed by atoms with Gasteiger partial charge in [-0.15, -0.1) is 0 Å². The van der Waals surface area contributed by atoms with Gasteiger partial charge in [0, 0.05) is 5.69 Å². The van der Waals surface area contributed by atoms with Crippen molar-refractivity contribution in [3.05, 3.63) is 71.0 Å². The Morgan fingerprint density at radius 3 is 2.54 bits per heavy atom. The second-order valence-corrected chi connectivity index (χ2v) is 5.86. The minimum absolute atomic E-state index is 0.0511. The number of benzene rings is 2. The van der Waals surface area contributed by atoms with Crippen LogP contribution in [0.3, 0.4) is 0 Å². The summed E-state index contributed by atoms with van der Waals surface area (Å²) in [7, 11) is 0. The van der Waals surface area contributed by atoms with Crippen LogP contribution in [-0.4, -0.2) is 15.0 Å². The Balaban J connectivity index is 1.98. The number of rotatable bonds is 4. The van der Waals surface area contributed by atoms with Crippen LogP contribution in [0.4, 0.5) is 17.6 Å². The fourth-order valence-corrected chi connectivity index (χ4v) is 2.51. The summed E-state index contributed by atoms with van der Waals surface area (Å²) in [5.74, 6) is 0.578. The van der Waals surface area contributed by atoms with Gasteiger partial charge in [0.15, 0.2) is 5.82 Å². The molecule has 6 nitrogen and oxygen atoms in total. The lowest BCUT2D eigenvalue weighted by Crippen LogP contribution is -2.06. The van der Waals surface area contributed by atoms with E-state index in [1.165, 1.54) is 0 Å². The summed E-state index contributed by atoms with van der Waals surface area (Å²) in [5.41, 5.74) is 10.1. The maximum absolute atomic E-state index is 9.58. The Kier molecular flexibility index (Phi) is 4.90. The smallest absolute Gasteiger partial charge is 0.232 e. The van der Waals surface area contributed by atoms with Gasteiger partial charge in [0.2, 0.25) is 11.9 Å². The summed E-state index contributed by atoms with van der Waals surface area (Å²) in [5, 5.41) is 12.6. The third kappa shape index (κ3) is 4.02. The molecule has 0 saturated heterocycles. The molecule has 1 heterocycles. The van der Waals surface area contributed by atoms with Crippen molar-refractivity contribution >= 4 is 29.2 Å². The highest BCUT2D eigenvalue weighted by atomic mass is 15.2. The number of para-hydroxylation sites is 1. The van der Waals surface area contributed by atoms with Crippen molar-refractivity contribution in [2.24, 2.45) is 0 Å². The highest BCUT2D eigenvalue weighted by Gasteiger charge is 2.10. The second kappa shape index (κ2) is 7.45. The molecule has 0 aliphatic heterocycles.